The van der Waals surface area contributed by atoms with Crippen molar-refractivity contribution in [3.8, 4) is 0 Å². The molecule has 1 rings (SSSR count). The van der Waals surface area contributed by atoms with E-state index in [9.17, 15) is 0 Å². The highest BCUT2D eigenvalue weighted by atomic mass is 79.9. The lowest BCUT2D eigenvalue weighted by molar-refractivity contribution is -0.135. The van der Waals surface area contributed by atoms with E-state index in [0.29, 0.717) is 0 Å². The summed E-state index contributed by atoms with van der Waals surface area (Å²) in [5, 5.41) is 9.60. The zero-order valence-corrected chi connectivity index (χ0v) is 5.17. The summed E-state index contributed by atoms with van der Waals surface area (Å²) in [6.45, 7) is 0.719. The molecule has 0 aliphatic carbocycles. The molecular weight excluding hydrogens is 160 g/mol. The van der Waals surface area contributed by atoms with Crippen molar-refractivity contribution < 1.29 is 5.21 Å². The minimum absolute atomic E-state index is 0.719. The van der Waals surface area contributed by atoms with Crippen LogP contribution >= 0.6 is 16.1 Å². The highest BCUT2D eigenvalue weighted by molar-refractivity contribution is 9.07. The fourth-order valence-corrected chi connectivity index (χ4v) is 0.657. The molecule has 0 radical (unpaired) electrons. The SMILES string of the molecule is ON1C=CCN1Br. The van der Waals surface area contributed by atoms with Crippen LogP contribution in [-0.2, 0) is 0 Å². The van der Waals surface area contributed by atoms with Gasteiger partial charge in [-0.1, -0.05) is 0 Å². The Kier molecular flexibility index (Phi) is 1.32. The van der Waals surface area contributed by atoms with E-state index in [1.807, 2.05) is 6.08 Å². The average Bonchev–Trinajstić information content (AvgIpc) is 1.91. The molecule has 0 amide bonds. The largest absolute Gasteiger partial charge is 0.273 e. The summed E-state index contributed by atoms with van der Waals surface area (Å²) >= 11 is 3.05. The van der Waals surface area contributed by atoms with Gasteiger partial charge in [0.2, 0.25) is 0 Å². The molecule has 0 spiro atoms. The second-order valence-corrected chi connectivity index (χ2v) is 2.04. The lowest BCUT2D eigenvalue weighted by Gasteiger charge is -2.12. The lowest BCUT2D eigenvalue weighted by atomic mass is 10.7. The molecule has 0 unspecified atom stereocenters. The molecule has 1 aliphatic rings. The van der Waals surface area contributed by atoms with E-state index in [4.69, 9.17) is 5.21 Å². The zero-order chi connectivity index (χ0) is 5.28. The lowest BCUT2D eigenvalue weighted by Crippen LogP contribution is -2.21. The third-order valence-corrected chi connectivity index (χ3v) is 1.33. The van der Waals surface area contributed by atoms with E-state index in [0.717, 1.165) is 11.7 Å². The molecule has 1 heterocycles. The van der Waals surface area contributed by atoms with Crippen LogP contribution in [0.2, 0.25) is 0 Å². The quantitative estimate of drug-likeness (QED) is 0.536. The molecule has 0 saturated heterocycles. The molecule has 0 aromatic carbocycles. The Labute approximate surface area is 50.1 Å². The van der Waals surface area contributed by atoms with Crippen molar-refractivity contribution in [1.82, 2.24) is 9.21 Å². The van der Waals surface area contributed by atoms with Crippen LogP contribution < -0.4 is 0 Å². The number of nitrogens with zero attached hydrogens (tertiary/aromatic N) is 2. The zero-order valence-electron chi connectivity index (χ0n) is 3.58. The molecular formula is C3H5BrN2O. The van der Waals surface area contributed by atoms with E-state index in [1.165, 1.54) is 4.03 Å². The molecule has 1 aliphatic heterocycles. The van der Waals surface area contributed by atoms with Gasteiger partial charge in [0.25, 0.3) is 0 Å². The topological polar surface area (TPSA) is 26.7 Å². The van der Waals surface area contributed by atoms with Gasteiger partial charge >= 0.3 is 0 Å². The predicted molar refractivity (Wildman–Crippen MR) is 28.4 cm³/mol. The van der Waals surface area contributed by atoms with Crippen molar-refractivity contribution in [1.29, 1.82) is 0 Å². The Bertz CT molecular complexity index is 94.9. The van der Waals surface area contributed by atoms with Crippen molar-refractivity contribution in [2.24, 2.45) is 0 Å². The molecule has 0 bridgehead atoms. The Hall–Kier alpha value is -0.0600. The Morgan fingerprint density at radius 1 is 1.71 bits per heavy atom. The first kappa shape index (κ1) is 5.08. The van der Waals surface area contributed by atoms with Crippen molar-refractivity contribution >= 4 is 16.1 Å². The van der Waals surface area contributed by atoms with E-state index in [-0.39, 0.29) is 0 Å². The second-order valence-electron chi connectivity index (χ2n) is 1.22. The maximum Gasteiger partial charge on any atom is 0.0523 e. The number of hydrogen-bond acceptors (Lipinski definition) is 3. The van der Waals surface area contributed by atoms with Gasteiger partial charge in [0.05, 0.1) is 6.54 Å². The van der Waals surface area contributed by atoms with Gasteiger partial charge in [0, 0.05) is 22.3 Å². The second kappa shape index (κ2) is 1.81. The highest BCUT2D eigenvalue weighted by Gasteiger charge is 2.07. The first-order chi connectivity index (χ1) is 3.30. The van der Waals surface area contributed by atoms with Crippen LogP contribution in [0.4, 0.5) is 0 Å². The monoisotopic (exact) mass is 164 g/mol. The minimum atomic E-state index is 0.719. The van der Waals surface area contributed by atoms with Gasteiger partial charge in [-0.15, -0.1) is 4.03 Å². The summed E-state index contributed by atoms with van der Waals surface area (Å²) in [6, 6.07) is 0. The molecule has 1 N–H and O–H groups in total. The smallest absolute Gasteiger partial charge is 0.0523 e. The minimum Gasteiger partial charge on any atom is -0.273 e. The number of rotatable bonds is 0. The summed E-state index contributed by atoms with van der Waals surface area (Å²) < 4.78 is 1.49. The van der Waals surface area contributed by atoms with E-state index in [2.05, 4.69) is 16.1 Å². The number of halogens is 1. The Balaban J connectivity index is 2.45. The predicted octanol–water partition coefficient (Wildman–Crippen LogP) is 0.732. The first-order valence-electron chi connectivity index (χ1n) is 1.89. The van der Waals surface area contributed by atoms with E-state index >= 15 is 0 Å². The third kappa shape index (κ3) is 0.933. The number of hydrazine groups is 1. The van der Waals surface area contributed by atoms with Crippen molar-refractivity contribution in [2.45, 2.75) is 0 Å². The van der Waals surface area contributed by atoms with Gasteiger partial charge in [0.1, 0.15) is 0 Å². The van der Waals surface area contributed by atoms with Crippen LogP contribution in [0.3, 0.4) is 0 Å². The molecule has 0 aromatic heterocycles. The summed E-state index contributed by atoms with van der Waals surface area (Å²) in [7, 11) is 0. The molecule has 40 valence electrons. The van der Waals surface area contributed by atoms with Gasteiger partial charge < -0.3 is 0 Å². The third-order valence-electron chi connectivity index (χ3n) is 0.717. The standard InChI is InChI=1S/C3H5BrN2O/c4-5-2-1-3-6(5)7/h1,3,7H,2H2. The fraction of sp³-hybridized carbons (Fsp3) is 0.333. The van der Waals surface area contributed by atoms with Crippen LogP contribution in [0.25, 0.3) is 0 Å². The summed E-state index contributed by atoms with van der Waals surface area (Å²) in [5.74, 6) is 0. The number of hydroxylamine groups is 1. The summed E-state index contributed by atoms with van der Waals surface area (Å²) in [5.41, 5.74) is 0. The molecule has 7 heavy (non-hydrogen) atoms. The van der Waals surface area contributed by atoms with Crippen molar-refractivity contribution in [3.63, 3.8) is 0 Å². The summed E-state index contributed by atoms with van der Waals surface area (Å²) in [6.07, 6.45) is 3.39. The van der Waals surface area contributed by atoms with Crippen LogP contribution in [-0.4, -0.2) is 21.0 Å². The molecule has 0 atom stereocenters. The van der Waals surface area contributed by atoms with Gasteiger partial charge in [-0.2, -0.15) is 5.17 Å². The maximum absolute atomic E-state index is 8.62. The van der Waals surface area contributed by atoms with Crippen LogP contribution in [0.1, 0.15) is 0 Å². The van der Waals surface area contributed by atoms with Gasteiger partial charge in [-0.25, -0.2) is 0 Å². The fourth-order valence-electron chi connectivity index (χ4n) is 0.384. The van der Waals surface area contributed by atoms with E-state index in [1.54, 1.807) is 6.20 Å². The molecule has 3 nitrogen and oxygen atoms in total. The normalized spacial score (nSPS) is 21.7. The van der Waals surface area contributed by atoms with Crippen molar-refractivity contribution in [3.05, 3.63) is 12.3 Å². The average molecular weight is 165 g/mol. The maximum atomic E-state index is 8.62. The van der Waals surface area contributed by atoms with Gasteiger partial charge in [0.15, 0.2) is 0 Å². The van der Waals surface area contributed by atoms with Crippen LogP contribution in [0.15, 0.2) is 12.3 Å². The van der Waals surface area contributed by atoms with Crippen LogP contribution in [0.5, 0.6) is 0 Å². The van der Waals surface area contributed by atoms with E-state index < -0.39 is 0 Å². The molecule has 4 heteroatoms. The highest BCUT2D eigenvalue weighted by Crippen LogP contribution is 2.07. The Morgan fingerprint density at radius 3 is 2.57 bits per heavy atom. The first-order valence-corrected chi connectivity index (χ1v) is 2.59. The molecule has 0 saturated carbocycles. The number of hydrogen-bond donors (Lipinski definition) is 1. The van der Waals surface area contributed by atoms with Crippen molar-refractivity contribution in [2.75, 3.05) is 6.54 Å². The molecule has 0 fully saturated rings. The Morgan fingerprint density at radius 2 is 2.43 bits per heavy atom. The van der Waals surface area contributed by atoms with Crippen LogP contribution in [0, 0.1) is 0 Å². The van der Waals surface area contributed by atoms with Gasteiger partial charge in [-0.3, -0.25) is 5.21 Å². The van der Waals surface area contributed by atoms with Gasteiger partial charge in [-0.05, 0) is 6.08 Å². The molecule has 0 aromatic rings. The summed E-state index contributed by atoms with van der Waals surface area (Å²) in [4.78, 5) is 0.